The van der Waals surface area contributed by atoms with Crippen molar-refractivity contribution >= 4 is 5.91 Å². The number of rotatable bonds is 8. The zero-order chi connectivity index (χ0) is 26.5. The van der Waals surface area contributed by atoms with Gasteiger partial charge in [0, 0.05) is 18.3 Å². The molecule has 1 aliphatic carbocycles. The van der Waals surface area contributed by atoms with E-state index >= 15 is 0 Å². The lowest BCUT2D eigenvalue weighted by Crippen LogP contribution is -2.48. The first-order valence-corrected chi connectivity index (χ1v) is 13.3. The zero-order valence-electron chi connectivity index (χ0n) is 21.8. The van der Waals surface area contributed by atoms with Crippen LogP contribution in [0, 0.1) is 11.2 Å². The average Bonchev–Trinajstić information content (AvgIpc) is 3.39. The average molecular weight is 524 g/mol. The standard InChI is InChI=1S/C28H34FN5O4/c1-3-14-30-26(35)28(2)16-36-25(37-17-28)24-33-22(18-9-11-19(29)12-10-18)23(34-24)21-13-15-31-27(32-21)38-20-7-5-4-6-8-20/h9-13,15,20,25H,3-8,14,16-17H2,1-2H3,(H,30,35)(H,33,34). The van der Waals surface area contributed by atoms with Crippen molar-refractivity contribution in [3.63, 3.8) is 0 Å². The van der Waals surface area contributed by atoms with Gasteiger partial charge in [0.25, 0.3) is 0 Å². The Balaban J connectivity index is 1.41. The zero-order valence-corrected chi connectivity index (χ0v) is 21.8. The summed E-state index contributed by atoms with van der Waals surface area (Å²) in [5.74, 6) is -0.00374. The number of ether oxygens (including phenoxy) is 3. The van der Waals surface area contributed by atoms with Crippen molar-refractivity contribution in [3.05, 3.63) is 48.2 Å². The van der Waals surface area contributed by atoms with Gasteiger partial charge < -0.3 is 24.5 Å². The van der Waals surface area contributed by atoms with Gasteiger partial charge in [-0.2, -0.15) is 4.98 Å². The molecule has 38 heavy (non-hydrogen) atoms. The monoisotopic (exact) mass is 523 g/mol. The highest BCUT2D eigenvalue weighted by atomic mass is 19.1. The molecule has 9 nitrogen and oxygen atoms in total. The summed E-state index contributed by atoms with van der Waals surface area (Å²) < 4.78 is 31.7. The molecule has 1 aromatic carbocycles. The quantitative estimate of drug-likeness (QED) is 0.429. The van der Waals surface area contributed by atoms with Crippen molar-refractivity contribution in [2.75, 3.05) is 19.8 Å². The van der Waals surface area contributed by atoms with Gasteiger partial charge in [0.15, 0.2) is 5.82 Å². The van der Waals surface area contributed by atoms with Crippen LogP contribution in [0.3, 0.4) is 0 Å². The molecule has 0 spiro atoms. The Hall–Kier alpha value is -3.37. The highest BCUT2D eigenvalue weighted by Crippen LogP contribution is 2.36. The number of aromatic nitrogens is 4. The molecule has 3 aromatic rings. The smallest absolute Gasteiger partial charge is 0.317 e. The van der Waals surface area contributed by atoms with Gasteiger partial charge in [-0.25, -0.2) is 14.4 Å². The fraction of sp³-hybridized carbons (Fsp3) is 0.500. The van der Waals surface area contributed by atoms with E-state index in [1.54, 1.807) is 24.4 Å². The number of nitrogens with one attached hydrogen (secondary N) is 2. The van der Waals surface area contributed by atoms with E-state index in [1.807, 2.05) is 13.8 Å². The second-order valence-corrected chi connectivity index (χ2v) is 10.2. The first kappa shape index (κ1) is 26.2. The highest BCUT2D eigenvalue weighted by molar-refractivity contribution is 5.82. The Morgan fingerprint density at radius 2 is 1.87 bits per heavy atom. The molecule has 1 saturated carbocycles. The summed E-state index contributed by atoms with van der Waals surface area (Å²) in [7, 11) is 0. The molecule has 2 aliphatic rings. The molecule has 1 amide bonds. The molecule has 0 atom stereocenters. The van der Waals surface area contributed by atoms with E-state index in [0.29, 0.717) is 41.0 Å². The van der Waals surface area contributed by atoms with Gasteiger partial charge in [-0.15, -0.1) is 0 Å². The largest absolute Gasteiger partial charge is 0.460 e. The maximum Gasteiger partial charge on any atom is 0.317 e. The Bertz CT molecular complexity index is 1230. The Morgan fingerprint density at radius 3 is 2.58 bits per heavy atom. The number of hydrogen-bond acceptors (Lipinski definition) is 7. The molecule has 2 N–H and O–H groups in total. The molecule has 2 fully saturated rings. The molecule has 1 saturated heterocycles. The Kier molecular flexibility index (Phi) is 7.99. The van der Waals surface area contributed by atoms with Gasteiger partial charge in [0.2, 0.25) is 12.2 Å². The maximum atomic E-state index is 13.7. The van der Waals surface area contributed by atoms with Gasteiger partial charge in [-0.05, 0) is 69.4 Å². The Morgan fingerprint density at radius 1 is 1.13 bits per heavy atom. The van der Waals surface area contributed by atoms with Crippen LogP contribution in [0.5, 0.6) is 6.01 Å². The van der Waals surface area contributed by atoms with Crippen molar-refractivity contribution < 1.29 is 23.4 Å². The topological polar surface area (TPSA) is 111 Å². The molecule has 202 valence electrons. The second-order valence-electron chi connectivity index (χ2n) is 10.2. The third-order valence-electron chi connectivity index (χ3n) is 6.97. The molecule has 2 aromatic heterocycles. The van der Waals surface area contributed by atoms with Crippen LogP contribution in [-0.4, -0.2) is 51.7 Å². The van der Waals surface area contributed by atoms with E-state index < -0.39 is 11.7 Å². The van der Waals surface area contributed by atoms with E-state index in [9.17, 15) is 9.18 Å². The molecule has 1 aliphatic heterocycles. The summed E-state index contributed by atoms with van der Waals surface area (Å²) in [5.41, 5.74) is 1.69. The molecule has 0 radical (unpaired) electrons. The minimum Gasteiger partial charge on any atom is -0.460 e. The fourth-order valence-corrected chi connectivity index (χ4v) is 4.72. The Labute approximate surface area is 221 Å². The van der Waals surface area contributed by atoms with E-state index in [4.69, 9.17) is 19.2 Å². The van der Waals surface area contributed by atoms with Crippen molar-refractivity contribution in [1.82, 2.24) is 25.3 Å². The summed E-state index contributed by atoms with van der Waals surface area (Å²) in [6.07, 6.45) is 7.33. The number of nitrogens with zero attached hydrogens (tertiary/aromatic N) is 3. The van der Waals surface area contributed by atoms with Crippen LogP contribution in [0.2, 0.25) is 0 Å². The maximum absolute atomic E-state index is 13.7. The van der Waals surface area contributed by atoms with Crippen molar-refractivity contribution in [2.24, 2.45) is 5.41 Å². The minimum atomic E-state index is -0.796. The predicted molar refractivity (Wildman–Crippen MR) is 139 cm³/mol. The third-order valence-corrected chi connectivity index (χ3v) is 6.97. The summed E-state index contributed by atoms with van der Waals surface area (Å²) in [6.45, 7) is 4.79. The molecular formula is C28H34FN5O4. The molecule has 5 rings (SSSR count). The van der Waals surface area contributed by atoms with Gasteiger partial charge in [0.05, 0.1) is 35.7 Å². The normalized spacial score (nSPS) is 22.2. The van der Waals surface area contributed by atoms with Crippen LogP contribution in [0.25, 0.3) is 22.6 Å². The molecule has 0 unspecified atom stereocenters. The number of halogens is 1. The summed E-state index contributed by atoms with van der Waals surface area (Å²) >= 11 is 0. The van der Waals surface area contributed by atoms with Gasteiger partial charge in [-0.1, -0.05) is 13.3 Å². The van der Waals surface area contributed by atoms with Crippen molar-refractivity contribution in [2.45, 2.75) is 64.8 Å². The number of H-pyrrole nitrogens is 1. The van der Waals surface area contributed by atoms with Gasteiger partial charge >= 0.3 is 6.01 Å². The van der Waals surface area contributed by atoms with E-state index in [1.165, 1.54) is 18.6 Å². The van der Waals surface area contributed by atoms with Crippen molar-refractivity contribution in [3.8, 4) is 28.7 Å². The fourth-order valence-electron chi connectivity index (χ4n) is 4.72. The number of benzene rings is 1. The molecular weight excluding hydrogens is 489 g/mol. The summed E-state index contributed by atoms with van der Waals surface area (Å²) in [4.78, 5) is 29.7. The van der Waals surface area contributed by atoms with Crippen LogP contribution in [-0.2, 0) is 14.3 Å². The number of hydrogen-bond donors (Lipinski definition) is 2. The number of amides is 1. The molecule has 3 heterocycles. The first-order valence-electron chi connectivity index (χ1n) is 13.3. The van der Waals surface area contributed by atoms with Gasteiger partial charge in [-0.3, -0.25) is 4.79 Å². The highest BCUT2D eigenvalue weighted by Gasteiger charge is 2.40. The summed E-state index contributed by atoms with van der Waals surface area (Å²) in [6, 6.07) is 8.19. The predicted octanol–water partition coefficient (Wildman–Crippen LogP) is 4.96. The SMILES string of the molecule is CCCNC(=O)C1(C)COC(c2nc(-c3ccc(F)cc3)c(-c3ccnc(OC4CCCCC4)n3)[nH]2)OC1. The molecule has 0 bridgehead atoms. The van der Waals surface area contributed by atoms with Crippen LogP contribution in [0.4, 0.5) is 4.39 Å². The van der Waals surface area contributed by atoms with Gasteiger partial charge in [0.1, 0.15) is 11.9 Å². The molecule has 10 heteroatoms. The van der Waals surface area contributed by atoms with Crippen molar-refractivity contribution in [1.29, 1.82) is 0 Å². The number of imidazole rings is 1. The van der Waals surface area contributed by atoms with Crippen LogP contribution < -0.4 is 10.1 Å². The number of carbonyl (C=O) groups excluding carboxylic acids is 1. The van der Waals surface area contributed by atoms with Crippen LogP contribution in [0.1, 0.15) is 64.5 Å². The lowest BCUT2D eigenvalue weighted by Gasteiger charge is -2.35. The lowest BCUT2D eigenvalue weighted by atomic mass is 9.91. The third kappa shape index (κ3) is 5.86. The summed E-state index contributed by atoms with van der Waals surface area (Å²) in [5, 5.41) is 2.91. The first-order chi connectivity index (χ1) is 18.4. The van der Waals surface area contributed by atoms with Crippen LogP contribution >= 0.6 is 0 Å². The number of carbonyl (C=O) groups is 1. The van der Waals surface area contributed by atoms with E-state index in [2.05, 4.69) is 20.3 Å². The second kappa shape index (κ2) is 11.6. The van der Waals surface area contributed by atoms with Crippen LogP contribution in [0.15, 0.2) is 36.5 Å². The van der Waals surface area contributed by atoms with E-state index in [-0.39, 0.29) is 31.0 Å². The minimum absolute atomic E-state index is 0.101. The number of aromatic amines is 1. The van der Waals surface area contributed by atoms with E-state index in [0.717, 1.165) is 32.1 Å². The lowest BCUT2D eigenvalue weighted by molar-refractivity contribution is -0.231.